The first-order valence-electron chi connectivity index (χ1n) is 14.1. The lowest BCUT2D eigenvalue weighted by molar-refractivity contribution is -0.134. The van der Waals surface area contributed by atoms with E-state index in [2.05, 4.69) is 24.7 Å². The molecule has 1 saturated heterocycles. The Morgan fingerprint density at radius 2 is 1.83 bits per heavy atom. The Balaban J connectivity index is 1.57. The molecule has 12 heteroatoms. The summed E-state index contributed by atoms with van der Waals surface area (Å²) in [5.41, 5.74) is 4.32. The Hall–Kier alpha value is -4.03. The second-order valence-corrected chi connectivity index (χ2v) is 17.4. The summed E-state index contributed by atoms with van der Waals surface area (Å²) in [5, 5.41) is 4.30. The SMILES string of the molecule is COc1cc(N=c2ccc3ncc(-c4cnn(C)c4)nc3n2CC2CCC(=O)N2COCC[Si](C)(C)C)cc(OC)c1. The van der Waals surface area contributed by atoms with Gasteiger partial charge in [-0.3, -0.25) is 14.5 Å². The van der Waals surface area contributed by atoms with Gasteiger partial charge in [-0.15, -0.1) is 0 Å². The van der Waals surface area contributed by atoms with Crippen molar-refractivity contribution >= 4 is 30.8 Å². The predicted molar refractivity (Wildman–Crippen MR) is 163 cm³/mol. The van der Waals surface area contributed by atoms with E-state index in [4.69, 9.17) is 29.2 Å². The summed E-state index contributed by atoms with van der Waals surface area (Å²) in [6, 6.07) is 10.3. The van der Waals surface area contributed by atoms with Crippen LogP contribution < -0.4 is 15.0 Å². The number of carbonyl (C=O) groups is 1. The van der Waals surface area contributed by atoms with Crippen LogP contribution in [0.2, 0.25) is 25.7 Å². The number of pyridine rings is 1. The van der Waals surface area contributed by atoms with E-state index in [-0.39, 0.29) is 18.7 Å². The van der Waals surface area contributed by atoms with Gasteiger partial charge in [0.15, 0.2) is 5.65 Å². The lowest BCUT2D eigenvalue weighted by Crippen LogP contribution is -2.40. The molecule has 11 nitrogen and oxygen atoms in total. The molecule has 1 fully saturated rings. The highest BCUT2D eigenvalue weighted by Crippen LogP contribution is 2.28. The molecule has 1 aliphatic rings. The van der Waals surface area contributed by atoms with Gasteiger partial charge in [0.25, 0.3) is 0 Å². The molecular formula is C30H39N7O4Si. The van der Waals surface area contributed by atoms with E-state index in [0.717, 1.165) is 23.5 Å². The van der Waals surface area contributed by atoms with Gasteiger partial charge in [-0.05, 0) is 24.6 Å². The zero-order chi connectivity index (χ0) is 29.9. The average molecular weight is 590 g/mol. The number of carbonyl (C=O) groups excluding carboxylic acids is 1. The molecule has 4 aromatic rings. The van der Waals surface area contributed by atoms with Crippen molar-refractivity contribution in [3.05, 3.63) is 54.4 Å². The van der Waals surface area contributed by atoms with Crippen LogP contribution in [0.25, 0.3) is 22.4 Å². The van der Waals surface area contributed by atoms with Crippen molar-refractivity contribution in [2.75, 3.05) is 27.6 Å². The summed E-state index contributed by atoms with van der Waals surface area (Å²) in [6.07, 6.45) is 6.64. The summed E-state index contributed by atoms with van der Waals surface area (Å²) in [5.74, 6) is 1.39. The number of benzene rings is 1. The van der Waals surface area contributed by atoms with E-state index in [0.29, 0.717) is 53.6 Å². The zero-order valence-electron chi connectivity index (χ0n) is 25.2. The van der Waals surface area contributed by atoms with Gasteiger partial charge >= 0.3 is 0 Å². The normalized spacial score (nSPS) is 16.0. The van der Waals surface area contributed by atoms with E-state index in [9.17, 15) is 4.79 Å². The Bertz CT molecular complexity index is 1620. The van der Waals surface area contributed by atoms with Crippen LogP contribution >= 0.6 is 0 Å². The fourth-order valence-electron chi connectivity index (χ4n) is 4.93. The summed E-state index contributed by atoms with van der Waals surface area (Å²) in [7, 11) is 3.86. The molecule has 0 spiro atoms. The average Bonchev–Trinajstić information content (AvgIpc) is 3.56. The monoisotopic (exact) mass is 589 g/mol. The van der Waals surface area contributed by atoms with E-state index >= 15 is 0 Å². The number of aryl methyl sites for hydroxylation is 1. The van der Waals surface area contributed by atoms with Crippen molar-refractivity contribution in [1.82, 2.24) is 29.2 Å². The molecule has 1 amide bonds. The Labute approximate surface area is 246 Å². The first-order chi connectivity index (χ1) is 20.1. The quantitative estimate of drug-likeness (QED) is 0.189. The highest BCUT2D eigenvalue weighted by molar-refractivity contribution is 6.76. The number of aromatic nitrogens is 5. The van der Waals surface area contributed by atoms with Gasteiger partial charge < -0.3 is 23.7 Å². The van der Waals surface area contributed by atoms with Crippen LogP contribution in [-0.2, 0) is 23.1 Å². The van der Waals surface area contributed by atoms with Crippen molar-refractivity contribution in [2.45, 2.75) is 51.1 Å². The third kappa shape index (κ3) is 6.88. The van der Waals surface area contributed by atoms with Crippen LogP contribution in [0, 0.1) is 0 Å². The van der Waals surface area contributed by atoms with E-state index in [1.165, 1.54) is 0 Å². The topological polar surface area (TPSA) is 109 Å². The molecule has 1 aliphatic heterocycles. The Morgan fingerprint density at radius 1 is 1.07 bits per heavy atom. The molecule has 1 aromatic carbocycles. The Morgan fingerprint density at radius 3 is 2.50 bits per heavy atom. The fourth-order valence-corrected chi connectivity index (χ4v) is 5.69. The number of ether oxygens (including phenoxy) is 3. The second kappa shape index (κ2) is 12.5. The minimum absolute atomic E-state index is 0.0716. The van der Waals surface area contributed by atoms with Gasteiger partial charge in [-0.1, -0.05) is 19.6 Å². The number of methoxy groups -OCH3 is 2. The standard InChI is InChI=1S/C30H39N7O4Si/c1-35-18-21(16-32-35)27-17-31-26-8-9-28(33-22-13-24(39-2)15-25(14-22)40-3)36(30(26)34-27)19-23-7-10-29(38)37(23)20-41-11-12-42(4,5)6/h8-9,13-18,23H,7,10-12,19-20H2,1-6H3. The lowest BCUT2D eigenvalue weighted by Gasteiger charge is -2.26. The largest absolute Gasteiger partial charge is 0.497 e. The molecule has 1 atom stereocenters. The molecule has 0 aliphatic carbocycles. The van der Waals surface area contributed by atoms with Crippen LogP contribution in [0.5, 0.6) is 11.5 Å². The number of amides is 1. The second-order valence-electron chi connectivity index (χ2n) is 11.8. The molecule has 0 saturated carbocycles. The smallest absolute Gasteiger partial charge is 0.224 e. The van der Waals surface area contributed by atoms with E-state index in [1.807, 2.05) is 53.0 Å². The molecular weight excluding hydrogens is 550 g/mol. The zero-order valence-corrected chi connectivity index (χ0v) is 26.2. The van der Waals surface area contributed by atoms with Crippen LogP contribution in [-0.4, -0.2) is 76.8 Å². The first-order valence-corrected chi connectivity index (χ1v) is 17.8. The molecule has 4 heterocycles. The number of nitrogens with zero attached hydrogens (tertiary/aromatic N) is 7. The lowest BCUT2D eigenvalue weighted by atomic mass is 10.2. The molecule has 0 radical (unpaired) electrons. The number of rotatable bonds is 11. The predicted octanol–water partition coefficient (Wildman–Crippen LogP) is 4.38. The maximum Gasteiger partial charge on any atom is 0.224 e. The van der Waals surface area contributed by atoms with Gasteiger partial charge in [0, 0.05) is 64.7 Å². The highest BCUT2D eigenvalue weighted by atomic mass is 28.3. The summed E-state index contributed by atoms with van der Waals surface area (Å²) < 4.78 is 20.7. The van der Waals surface area contributed by atoms with Crippen molar-refractivity contribution in [1.29, 1.82) is 0 Å². The van der Waals surface area contributed by atoms with Gasteiger partial charge in [0.1, 0.15) is 29.2 Å². The van der Waals surface area contributed by atoms with Crippen molar-refractivity contribution in [3.8, 4) is 22.8 Å². The maximum absolute atomic E-state index is 12.9. The third-order valence-electron chi connectivity index (χ3n) is 7.36. The third-order valence-corrected chi connectivity index (χ3v) is 9.06. The molecule has 0 N–H and O–H groups in total. The summed E-state index contributed by atoms with van der Waals surface area (Å²) >= 11 is 0. The van der Waals surface area contributed by atoms with Crippen molar-refractivity contribution in [2.24, 2.45) is 12.0 Å². The molecule has 1 unspecified atom stereocenters. The molecule has 5 rings (SSSR count). The van der Waals surface area contributed by atoms with Crippen molar-refractivity contribution < 1.29 is 19.0 Å². The van der Waals surface area contributed by atoms with Crippen LogP contribution in [0.4, 0.5) is 5.69 Å². The highest BCUT2D eigenvalue weighted by Gasteiger charge is 2.32. The van der Waals surface area contributed by atoms with Crippen LogP contribution in [0.15, 0.2) is 53.9 Å². The number of hydrogen-bond acceptors (Lipinski definition) is 8. The van der Waals surface area contributed by atoms with Crippen LogP contribution in [0.1, 0.15) is 12.8 Å². The number of hydrogen-bond donors (Lipinski definition) is 0. The van der Waals surface area contributed by atoms with E-state index < -0.39 is 8.07 Å². The fraction of sp³-hybridized carbons (Fsp3) is 0.433. The number of fused-ring (bicyclic) bond motifs is 1. The Kier molecular flexibility index (Phi) is 8.74. The van der Waals surface area contributed by atoms with E-state index in [1.54, 1.807) is 31.3 Å². The van der Waals surface area contributed by atoms with Gasteiger partial charge in [-0.25, -0.2) is 9.98 Å². The van der Waals surface area contributed by atoms with Gasteiger partial charge in [0.05, 0.1) is 44.0 Å². The number of likely N-dealkylation sites (tertiary alicyclic amines) is 1. The minimum Gasteiger partial charge on any atom is -0.497 e. The summed E-state index contributed by atoms with van der Waals surface area (Å²) in [6.45, 7) is 8.39. The molecule has 42 heavy (non-hydrogen) atoms. The summed E-state index contributed by atoms with van der Waals surface area (Å²) in [4.78, 5) is 29.5. The van der Waals surface area contributed by atoms with Crippen molar-refractivity contribution in [3.63, 3.8) is 0 Å². The minimum atomic E-state index is -1.23. The van der Waals surface area contributed by atoms with Gasteiger partial charge in [0.2, 0.25) is 5.91 Å². The van der Waals surface area contributed by atoms with Crippen LogP contribution in [0.3, 0.4) is 0 Å². The molecule has 0 bridgehead atoms. The maximum atomic E-state index is 12.9. The molecule has 222 valence electrons. The van der Waals surface area contributed by atoms with Gasteiger partial charge in [-0.2, -0.15) is 5.10 Å². The first kappa shape index (κ1) is 29.5. The molecule has 3 aromatic heterocycles.